The van der Waals surface area contributed by atoms with E-state index in [1.807, 2.05) is 12.1 Å². The van der Waals surface area contributed by atoms with Gasteiger partial charge in [-0.3, -0.25) is 20.5 Å². The van der Waals surface area contributed by atoms with E-state index in [1.165, 1.54) is 18.3 Å². The van der Waals surface area contributed by atoms with Crippen LogP contribution in [0.25, 0.3) is 10.6 Å². The summed E-state index contributed by atoms with van der Waals surface area (Å²) in [4.78, 5) is 14.1. The van der Waals surface area contributed by atoms with Crippen LogP contribution in [0.2, 0.25) is 0 Å². The molecule has 178 valence electrons. The Morgan fingerprint density at radius 2 is 2.12 bits per heavy atom. The topological polar surface area (TPSA) is 103 Å². The van der Waals surface area contributed by atoms with Crippen molar-refractivity contribution in [2.45, 2.75) is 43.8 Å². The number of carbonyl (C=O) groups is 1. The molecule has 1 amide bonds. The van der Waals surface area contributed by atoms with Crippen LogP contribution in [0.1, 0.15) is 25.3 Å². The fraction of sp³-hybridized carbons (Fsp3) is 0.591. The van der Waals surface area contributed by atoms with Gasteiger partial charge in [0, 0.05) is 62.4 Å². The molecule has 9 nitrogen and oxygen atoms in total. The quantitative estimate of drug-likeness (QED) is 0.456. The van der Waals surface area contributed by atoms with E-state index < -0.39 is 0 Å². The van der Waals surface area contributed by atoms with E-state index in [4.69, 9.17) is 16.3 Å². The number of amides is 1. The van der Waals surface area contributed by atoms with Gasteiger partial charge in [0.2, 0.25) is 11.0 Å². The minimum absolute atomic E-state index is 0.0295. The lowest BCUT2D eigenvalue weighted by atomic mass is 9.82. The van der Waals surface area contributed by atoms with Gasteiger partial charge in [0.05, 0.1) is 18.6 Å². The highest BCUT2D eigenvalue weighted by Gasteiger charge is 2.41. The SMILES string of the molecule is CC(=O)Nc1cc(CN2CCOCC2)cc(-c2nnc(NC3CCC4NNCC4C3Cl)s2)c1. The molecule has 33 heavy (non-hydrogen) atoms. The number of morpholine rings is 1. The van der Waals surface area contributed by atoms with Crippen LogP contribution in [0.4, 0.5) is 10.8 Å². The molecule has 2 saturated heterocycles. The fourth-order valence-corrected chi connectivity index (χ4v) is 6.15. The van der Waals surface area contributed by atoms with Crippen LogP contribution in [0.3, 0.4) is 0 Å². The highest BCUT2D eigenvalue weighted by Crippen LogP contribution is 2.35. The molecule has 3 heterocycles. The van der Waals surface area contributed by atoms with Crippen molar-refractivity contribution < 1.29 is 9.53 Å². The second kappa shape index (κ2) is 10.2. The van der Waals surface area contributed by atoms with E-state index in [0.29, 0.717) is 12.0 Å². The molecule has 4 N–H and O–H groups in total. The molecule has 5 rings (SSSR count). The minimum Gasteiger partial charge on any atom is -0.379 e. The summed E-state index contributed by atoms with van der Waals surface area (Å²) in [5.74, 6) is 0.311. The van der Waals surface area contributed by atoms with Crippen LogP contribution in [-0.4, -0.2) is 71.3 Å². The van der Waals surface area contributed by atoms with Crippen molar-refractivity contribution in [2.75, 3.05) is 43.5 Å². The van der Waals surface area contributed by atoms with Gasteiger partial charge in [0.1, 0.15) is 5.01 Å². The van der Waals surface area contributed by atoms with E-state index in [9.17, 15) is 4.79 Å². The Hall–Kier alpha value is -1.82. The minimum atomic E-state index is -0.0938. The van der Waals surface area contributed by atoms with Crippen LogP contribution in [0, 0.1) is 5.92 Å². The normalized spacial score (nSPS) is 27.8. The highest BCUT2D eigenvalue weighted by atomic mass is 35.5. The molecule has 2 aliphatic heterocycles. The summed E-state index contributed by atoms with van der Waals surface area (Å²) in [6.45, 7) is 6.52. The largest absolute Gasteiger partial charge is 0.379 e. The van der Waals surface area contributed by atoms with E-state index in [2.05, 4.69) is 42.6 Å². The summed E-state index contributed by atoms with van der Waals surface area (Å²) < 4.78 is 5.46. The lowest BCUT2D eigenvalue weighted by molar-refractivity contribution is -0.114. The number of halogens is 1. The van der Waals surface area contributed by atoms with E-state index >= 15 is 0 Å². The molecule has 1 aliphatic carbocycles. The third-order valence-corrected chi connectivity index (χ3v) is 8.06. The van der Waals surface area contributed by atoms with E-state index in [1.54, 1.807) is 0 Å². The van der Waals surface area contributed by atoms with Crippen LogP contribution in [0.15, 0.2) is 18.2 Å². The van der Waals surface area contributed by atoms with Crippen molar-refractivity contribution in [3.63, 3.8) is 0 Å². The first-order chi connectivity index (χ1) is 16.0. The molecule has 1 aromatic heterocycles. The van der Waals surface area contributed by atoms with Gasteiger partial charge >= 0.3 is 0 Å². The van der Waals surface area contributed by atoms with Crippen molar-refractivity contribution in [2.24, 2.45) is 5.92 Å². The third kappa shape index (κ3) is 5.47. The number of nitrogens with zero attached hydrogens (tertiary/aromatic N) is 3. The molecular weight excluding hydrogens is 462 g/mol. The number of anilines is 2. The Morgan fingerprint density at radius 3 is 2.94 bits per heavy atom. The van der Waals surface area contributed by atoms with Crippen LogP contribution in [0.5, 0.6) is 0 Å². The van der Waals surface area contributed by atoms with Gasteiger partial charge in [-0.15, -0.1) is 21.8 Å². The summed E-state index contributed by atoms with van der Waals surface area (Å²) in [5.41, 5.74) is 9.40. The Bertz CT molecular complexity index is 983. The number of alkyl halides is 1. The molecule has 4 atom stereocenters. The van der Waals surface area contributed by atoms with Gasteiger partial charge in [0.25, 0.3) is 0 Å². The molecule has 0 radical (unpaired) electrons. The maximum absolute atomic E-state index is 11.7. The van der Waals surface area contributed by atoms with Gasteiger partial charge < -0.3 is 15.4 Å². The van der Waals surface area contributed by atoms with Crippen molar-refractivity contribution >= 4 is 39.7 Å². The van der Waals surface area contributed by atoms with Crippen molar-refractivity contribution in [3.8, 4) is 10.6 Å². The highest BCUT2D eigenvalue weighted by molar-refractivity contribution is 7.18. The first-order valence-electron chi connectivity index (χ1n) is 11.5. The monoisotopic (exact) mass is 491 g/mol. The third-order valence-electron chi connectivity index (χ3n) is 6.53. The van der Waals surface area contributed by atoms with Gasteiger partial charge in [0.15, 0.2) is 0 Å². The zero-order valence-electron chi connectivity index (χ0n) is 18.6. The van der Waals surface area contributed by atoms with E-state index in [-0.39, 0.29) is 17.3 Å². The molecule has 0 bridgehead atoms. The molecule has 2 aromatic rings. The number of hydrogen-bond donors (Lipinski definition) is 4. The molecule has 3 aliphatic rings. The molecule has 3 fully saturated rings. The van der Waals surface area contributed by atoms with Crippen molar-refractivity contribution in [1.82, 2.24) is 25.9 Å². The smallest absolute Gasteiger partial charge is 0.221 e. The zero-order valence-corrected chi connectivity index (χ0v) is 20.2. The van der Waals surface area contributed by atoms with Crippen molar-refractivity contribution in [3.05, 3.63) is 23.8 Å². The summed E-state index contributed by atoms with van der Waals surface area (Å²) in [5, 5.41) is 16.9. The number of hydrazine groups is 1. The van der Waals surface area contributed by atoms with Crippen LogP contribution < -0.4 is 21.5 Å². The number of nitrogens with one attached hydrogen (secondary N) is 4. The summed E-state index contributed by atoms with van der Waals surface area (Å²) in [6, 6.07) is 6.73. The molecular formula is C22H30ClN7O2S. The number of hydrogen-bond acceptors (Lipinski definition) is 9. The number of ether oxygens (including phenoxy) is 1. The Kier molecular flexibility index (Phi) is 7.10. The van der Waals surface area contributed by atoms with Crippen LogP contribution >= 0.6 is 22.9 Å². The lowest BCUT2D eigenvalue weighted by Gasteiger charge is -2.35. The average Bonchev–Trinajstić information content (AvgIpc) is 3.46. The number of aromatic nitrogens is 2. The van der Waals surface area contributed by atoms with Crippen LogP contribution in [-0.2, 0) is 16.1 Å². The van der Waals surface area contributed by atoms with E-state index in [0.717, 1.165) is 79.2 Å². The predicted octanol–water partition coefficient (Wildman–Crippen LogP) is 2.27. The first kappa shape index (κ1) is 22.9. The summed E-state index contributed by atoms with van der Waals surface area (Å²) >= 11 is 8.32. The second-order valence-corrected chi connectivity index (χ2v) is 10.5. The predicted molar refractivity (Wildman–Crippen MR) is 130 cm³/mol. The Balaban J connectivity index is 1.32. The number of fused-ring (bicyclic) bond motifs is 1. The van der Waals surface area contributed by atoms with Gasteiger partial charge in [-0.05, 0) is 36.6 Å². The Labute approximate surface area is 202 Å². The number of benzene rings is 1. The van der Waals surface area contributed by atoms with Gasteiger partial charge in [-0.25, -0.2) is 0 Å². The molecule has 1 saturated carbocycles. The fourth-order valence-electron chi connectivity index (χ4n) is 4.90. The maximum Gasteiger partial charge on any atom is 0.221 e. The average molecular weight is 492 g/mol. The van der Waals surface area contributed by atoms with Gasteiger partial charge in [-0.1, -0.05) is 11.3 Å². The van der Waals surface area contributed by atoms with Crippen molar-refractivity contribution in [1.29, 1.82) is 0 Å². The summed E-state index contributed by atoms with van der Waals surface area (Å²) in [7, 11) is 0. The standard InChI is InChI=1S/C22H30ClN7O2S/c1-13(31)25-16-9-14(12-30-4-6-32-7-5-30)8-15(10-16)21-28-29-22(33-21)26-19-3-2-18-17(20(19)23)11-24-27-18/h8-10,17-20,24,27H,2-7,11-12H2,1H3,(H,25,31)(H,26,29). The summed E-state index contributed by atoms with van der Waals surface area (Å²) in [6.07, 6.45) is 2.06. The second-order valence-electron chi connectivity index (χ2n) is 8.97. The molecule has 1 aromatic carbocycles. The maximum atomic E-state index is 11.7. The molecule has 0 spiro atoms. The first-order valence-corrected chi connectivity index (χ1v) is 12.7. The number of rotatable bonds is 6. The Morgan fingerprint density at radius 1 is 1.27 bits per heavy atom. The number of carbonyl (C=O) groups excluding carboxylic acids is 1. The molecule has 11 heteroatoms. The van der Waals surface area contributed by atoms with Gasteiger partial charge in [-0.2, -0.15) is 0 Å². The molecule has 4 unspecified atom stereocenters. The zero-order chi connectivity index (χ0) is 22.8. The lowest BCUT2D eigenvalue weighted by Crippen LogP contribution is -2.47.